The van der Waals surface area contributed by atoms with Crippen molar-refractivity contribution in [3.8, 4) is 0 Å². The zero-order chi connectivity index (χ0) is 21.8. The number of carbonyl (C=O) groups excluding carboxylic acids is 1. The van der Waals surface area contributed by atoms with Crippen molar-refractivity contribution in [3.63, 3.8) is 0 Å². The Labute approximate surface area is 186 Å². The zero-order valence-electron chi connectivity index (χ0n) is 16.5. The van der Waals surface area contributed by atoms with Crippen molar-refractivity contribution in [2.24, 2.45) is 17.8 Å². The summed E-state index contributed by atoms with van der Waals surface area (Å²) in [6, 6.07) is 2.81. The van der Waals surface area contributed by atoms with E-state index in [9.17, 15) is 18.0 Å². The lowest BCUT2D eigenvalue weighted by Crippen LogP contribution is -2.48. The van der Waals surface area contributed by atoms with Crippen LogP contribution in [0, 0.1) is 17.8 Å². The van der Waals surface area contributed by atoms with E-state index in [2.05, 4.69) is 15.5 Å². The number of carbonyl (C=O) groups is 1. The summed E-state index contributed by atoms with van der Waals surface area (Å²) in [7, 11) is 0. The predicted molar refractivity (Wildman–Crippen MR) is 110 cm³/mol. The summed E-state index contributed by atoms with van der Waals surface area (Å²) in [6.45, 7) is 0. The second-order valence-corrected chi connectivity index (χ2v) is 10.4. The summed E-state index contributed by atoms with van der Waals surface area (Å²) >= 11 is 7.00. The number of amides is 1. The van der Waals surface area contributed by atoms with E-state index in [4.69, 9.17) is 16.0 Å². The number of halogens is 4. The number of aromatic nitrogens is 2. The van der Waals surface area contributed by atoms with Crippen LogP contribution in [0.15, 0.2) is 27.8 Å². The molecule has 6 rings (SSSR count). The number of nitrogens with one attached hydrogen (secondary N) is 1. The van der Waals surface area contributed by atoms with Crippen LogP contribution < -0.4 is 5.32 Å². The van der Waals surface area contributed by atoms with Crippen molar-refractivity contribution in [2.45, 2.75) is 55.3 Å². The van der Waals surface area contributed by atoms with Gasteiger partial charge in [0.1, 0.15) is 0 Å². The van der Waals surface area contributed by atoms with Crippen molar-refractivity contribution in [1.29, 1.82) is 0 Å². The van der Waals surface area contributed by atoms with E-state index in [1.54, 1.807) is 0 Å². The molecule has 0 aliphatic heterocycles. The first-order valence-corrected chi connectivity index (χ1v) is 11.7. The fourth-order valence-electron chi connectivity index (χ4n) is 5.97. The van der Waals surface area contributed by atoms with E-state index in [0.29, 0.717) is 11.1 Å². The summed E-state index contributed by atoms with van der Waals surface area (Å²) < 4.78 is 44.6. The molecule has 5 nitrogen and oxygen atoms in total. The predicted octanol–water partition coefficient (Wildman–Crippen LogP) is 5.94. The Bertz CT molecular complexity index is 975. The van der Waals surface area contributed by atoms with Crippen LogP contribution >= 0.6 is 23.4 Å². The van der Waals surface area contributed by atoms with Crippen LogP contribution in [0.25, 0.3) is 0 Å². The Balaban J connectivity index is 1.22. The van der Waals surface area contributed by atoms with Gasteiger partial charge in [-0.15, -0.1) is 10.2 Å². The highest BCUT2D eigenvalue weighted by molar-refractivity contribution is 7.99. The molecule has 4 saturated carbocycles. The summed E-state index contributed by atoms with van der Waals surface area (Å²) in [6.07, 6.45) is 2.71. The Morgan fingerprint density at radius 1 is 1.16 bits per heavy atom. The zero-order valence-corrected chi connectivity index (χ0v) is 18.1. The normalized spacial score (nSPS) is 29.4. The molecule has 1 aromatic carbocycles. The first kappa shape index (κ1) is 21.1. The minimum Gasteiger partial charge on any atom is -0.415 e. The number of anilines is 1. The van der Waals surface area contributed by atoms with Gasteiger partial charge in [0.25, 0.3) is 5.22 Å². The topological polar surface area (TPSA) is 68.0 Å². The van der Waals surface area contributed by atoms with Gasteiger partial charge in [-0.25, -0.2) is 0 Å². The molecule has 4 aliphatic carbocycles. The molecule has 1 amide bonds. The van der Waals surface area contributed by atoms with E-state index >= 15 is 0 Å². The average Bonchev–Trinajstić information content (AvgIpc) is 3.16. The van der Waals surface area contributed by atoms with Crippen molar-refractivity contribution in [3.05, 3.63) is 34.7 Å². The Morgan fingerprint density at radius 2 is 1.81 bits per heavy atom. The van der Waals surface area contributed by atoms with Crippen LogP contribution in [0.4, 0.5) is 18.9 Å². The highest BCUT2D eigenvalue weighted by Crippen LogP contribution is 2.60. The summed E-state index contributed by atoms with van der Waals surface area (Å²) in [4.78, 5) is 12.3. The summed E-state index contributed by atoms with van der Waals surface area (Å²) in [5, 5.41) is 11.2. The van der Waals surface area contributed by atoms with Crippen molar-refractivity contribution >= 4 is 35.0 Å². The molecule has 0 atom stereocenters. The fourth-order valence-corrected chi connectivity index (χ4v) is 6.69. The Hall–Kier alpha value is -1.74. The maximum Gasteiger partial charge on any atom is 0.416 e. The minimum absolute atomic E-state index is 0.0195. The first-order chi connectivity index (χ1) is 14.7. The number of thioether (sulfide) groups is 1. The molecule has 166 valence electrons. The van der Waals surface area contributed by atoms with Crippen LogP contribution in [-0.2, 0) is 16.4 Å². The van der Waals surface area contributed by atoms with Crippen LogP contribution in [0.3, 0.4) is 0 Å². The van der Waals surface area contributed by atoms with Gasteiger partial charge in [0.2, 0.25) is 11.8 Å². The highest BCUT2D eigenvalue weighted by atomic mass is 35.5. The van der Waals surface area contributed by atoms with Crippen LogP contribution in [-0.4, -0.2) is 21.9 Å². The number of nitrogens with zero attached hydrogens (tertiary/aromatic N) is 2. The first-order valence-electron chi connectivity index (χ1n) is 10.3. The number of benzene rings is 1. The number of alkyl halides is 3. The van der Waals surface area contributed by atoms with Crippen molar-refractivity contribution in [2.75, 3.05) is 11.1 Å². The van der Waals surface area contributed by atoms with Crippen LogP contribution in [0.5, 0.6) is 0 Å². The second kappa shape index (κ2) is 7.69. The quantitative estimate of drug-likeness (QED) is 0.546. The van der Waals surface area contributed by atoms with Gasteiger partial charge < -0.3 is 9.73 Å². The van der Waals surface area contributed by atoms with Crippen LogP contribution in [0.1, 0.15) is 50.0 Å². The maximum atomic E-state index is 12.9. The molecule has 0 spiro atoms. The SMILES string of the molecule is O=C(CSc1nnc(C23CC4CC(CC(C4)C2)C3)o1)Nc1cc(C(F)(F)F)ccc1Cl. The molecule has 0 radical (unpaired) electrons. The van der Waals surface area contributed by atoms with Gasteiger partial charge >= 0.3 is 6.18 Å². The third-order valence-electron chi connectivity index (χ3n) is 6.79. The van der Waals surface area contributed by atoms with Gasteiger partial charge in [0, 0.05) is 5.41 Å². The molecule has 10 heteroatoms. The summed E-state index contributed by atoms with van der Waals surface area (Å²) in [5.41, 5.74) is -0.979. The van der Waals surface area contributed by atoms with Gasteiger partial charge in [-0.2, -0.15) is 13.2 Å². The smallest absolute Gasteiger partial charge is 0.415 e. The standard InChI is InChI=1S/C21H21ClF3N3O2S/c22-15-2-1-14(21(23,24)25)6-16(15)26-17(29)10-31-19-28-27-18(30-19)20-7-11-3-12(8-20)5-13(4-11)9-20/h1-2,6,11-13H,3-5,7-10H2,(H,26,29). The molecular formula is C21H21ClF3N3O2S. The van der Waals surface area contributed by atoms with Gasteiger partial charge in [-0.05, 0) is 74.5 Å². The lowest BCUT2D eigenvalue weighted by atomic mass is 9.49. The Kier molecular flexibility index (Phi) is 5.24. The second-order valence-electron chi connectivity index (χ2n) is 9.10. The van der Waals surface area contributed by atoms with E-state index in [1.807, 2.05) is 0 Å². The summed E-state index contributed by atoms with van der Waals surface area (Å²) in [5.74, 6) is 2.35. The number of hydrogen-bond acceptors (Lipinski definition) is 5. The van der Waals surface area contributed by atoms with Crippen molar-refractivity contribution in [1.82, 2.24) is 10.2 Å². The average molecular weight is 472 g/mol. The van der Waals surface area contributed by atoms with Gasteiger partial charge in [-0.1, -0.05) is 23.4 Å². The minimum atomic E-state index is -4.52. The third-order valence-corrected chi connectivity index (χ3v) is 7.94. The maximum absolute atomic E-state index is 12.9. The molecule has 1 N–H and O–H groups in total. The van der Waals surface area contributed by atoms with E-state index in [-0.39, 0.29) is 21.9 Å². The van der Waals surface area contributed by atoms with E-state index in [0.717, 1.165) is 67.0 Å². The highest BCUT2D eigenvalue weighted by Gasteiger charge is 2.54. The lowest BCUT2D eigenvalue weighted by molar-refractivity contribution is -0.137. The molecule has 4 fully saturated rings. The number of hydrogen-bond donors (Lipinski definition) is 1. The molecule has 0 saturated heterocycles. The molecule has 2 aromatic rings. The molecular weight excluding hydrogens is 451 g/mol. The largest absolute Gasteiger partial charge is 0.416 e. The van der Waals surface area contributed by atoms with Gasteiger partial charge in [0.05, 0.1) is 22.0 Å². The van der Waals surface area contributed by atoms with Crippen LogP contribution in [0.2, 0.25) is 5.02 Å². The van der Waals surface area contributed by atoms with E-state index in [1.165, 1.54) is 19.3 Å². The number of rotatable bonds is 5. The van der Waals surface area contributed by atoms with E-state index < -0.39 is 17.6 Å². The molecule has 1 heterocycles. The third kappa shape index (κ3) is 4.18. The molecule has 0 unspecified atom stereocenters. The van der Waals surface area contributed by atoms with Crippen molar-refractivity contribution < 1.29 is 22.4 Å². The molecule has 31 heavy (non-hydrogen) atoms. The molecule has 4 aliphatic rings. The van der Waals surface area contributed by atoms with Gasteiger partial charge in [-0.3, -0.25) is 4.79 Å². The van der Waals surface area contributed by atoms with Gasteiger partial charge in [0.15, 0.2) is 0 Å². The fraction of sp³-hybridized carbons (Fsp3) is 0.571. The molecule has 4 bridgehead atoms. The lowest BCUT2D eigenvalue weighted by Gasteiger charge is -2.55. The monoisotopic (exact) mass is 471 g/mol. The Morgan fingerprint density at radius 3 is 2.42 bits per heavy atom. The molecule has 1 aromatic heterocycles.